The van der Waals surface area contributed by atoms with Gasteiger partial charge in [0.25, 0.3) is 5.91 Å². The summed E-state index contributed by atoms with van der Waals surface area (Å²) in [6, 6.07) is 13.9. The molecule has 0 aliphatic heterocycles. The highest BCUT2D eigenvalue weighted by atomic mass is 16.2. The molecule has 100 valence electrons. The third-order valence-electron chi connectivity index (χ3n) is 3.37. The van der Waals surface area contributed by atoms with Gasteiger partial charge in [-0.25, -0.2) is 0 Å². The van der Waals surface area contributed by atoms with Crippen molar-refractivity contribution in [2.24, 2.45) is 7.05 Å². The Morgan fingerprint density at radius 3 is 2.65 bits per heavy atom. The summed E-state index contributed by atoms with van der Waals surface area (Å²) >= 11 is 0. The average Bonchev–Trinajstić information content (AvgIpc) is 2.78. The van der Waals surface area contributed by atoms with Crippen LogP contribution in [0.3, 0.4) is 0 Å². The molecule has 1 amide bonds. The Morgan fingerprint density at radius 2 is 1.90 bits per heavy atom. The monoisotopic (exact) mass is 265 g/mol. The van der Waals surface area contributed by atoms with Crippen LogP contribution in [-0.4, -0.2) is 15.7 Å². The number of amides is 1. The molecule has 3 aromatic rings. The van der Waals surface area contributed by atoms with Gasteiger partial charge in [0.2, 0.25) is 0 Å². The van der Waals surface area contributed by atoms with Gasteiger partial charge in [0.1, 0.15) is 5.69 Å². The Labute approximate surface area is 117 Å². The predicted molar refractivity (Wildman–Crippen MR) is 79.8 cm³/mol. The van der Waals surface area contributed by atoms with Crippen LogP contribution in [0.5, 0.6) is 0 Å². The fourth-order valence-corrected chi connectivity index (χ4v) is 2.39. The van der Waals surface area contributed by atoms with Gasteiger partial charge in [-0.3, -0.25) is 9.48 Å². The number of benzene rings is 2. The highest BCUT2D eigenvalue weighted by molar-refractivity contribution is 6.08. The van der Waals surface area contributed by atoms with Gasteiger partial charge in [0, 0.05) is 18.1 Å². The topological polar surface area (TPSA) is 46.9 Å². The Bertz CT molecular complexity index is 765. The number of fused-ring (bicyclic) bond motifs is 1. The molecule has 3 rings (SSSR count). The molecule has 2 aromatic carbocycles. The first-order valence-electron chi connectivity index (χ1n) is 6.44. The zero-order valence-corrected chi connectivity index (χ0v) is 11.4. The predicted octanol–water partition coefficient (Wildman–Crippen LogP) is 3.13. The van der Waals surface area contributed by atoms with Gasteiger partial charge in [0.05, 0.1) is 6.20 Å². The molecule has 0 fully saturated rings. The van der Waals surface area contributed by atoms with Crippen molar-refractivity contribution in [2.75, 3.05) is 5.32 Å². The van der Waals surface area contributed by atoms with Crippen molar-refractivity contribution in [3.8, 4) is 0 Å². The van der Waals surface area contributed by atoms with E-state index >= 15 is 0 Å². The molecule has 0 unspecified atom stereocenters. The summed E-state index contributed by atoms with van der Waals surface area (Å²) in [4.78, 5) is 12.4. The summed E-state index contributed by atoms with van der Waals surface area (Å²) in [5.74, 6) is -0.140. The first kappa shape index (κ1) is 12.4. The Balaban J connectivity index is 2.00. The molecule has 1 aromatic heterocycles. The maximum atomic E-state index is 12.4. The van der Waals surface area contributed by atoms with Crippen molar-refractivity contribution in [3.63, 3.8) is 0 Å². The molecule has 0 atom stereocenters. The summed E-state index contributed by atoms with van der Waals surface area (Å²) in [5.41, 5.74) is 2.26. The Morgan fingerprint density at radius 1 is 1.15 bits per heavy atom. The standard InChI is InChI=1S/C16H15N3O/c1-11-10-17-19(2)15(11)16(20)18-14-9-5-7-12-6-3-4-8-13(12)14/h3-10H,1-2H3,(H,18,20). The Kier molecular flexibility index (Phi) is 2.99. The van der Waals surface area contributed by atoms with Crippen molar-refractivity contribution in [1.82, 2.24) is 9.78 Å². The van der Waals surface area contributed by atoms with Crippen LogP contribution in [-0.2, 0) is 7.05 Å². The lowest BCUT2D eigenvalue weighted by Crippen LogP contribution is -2.17. The number of hydrogen-bond donors (Lipinski definition) is 1. The van der Waals surface area contributed by atoms with Crippen molar-refractivity contribution in [3.05, 3.63) is 59.9 Å². The molecular weight excluding hydrogens is 250 g/mol. The first-order chi connectivity index (χ1) is 9.66. The van der Waals surface area contributed by atoms with Crippen molar-refractivity contribution in [2.45, 2.75) is 6.92 Å². The first-order valence-corrected chi connectivity index (χ1v) is 6.44. The van der Waals surface area contributed by atoms with Gasteiger partial charge in [-0.2, -0.15) is 5.10 Å². The van der Waals surface area contributed by atoms with E-state index in [0.717, 1.165) is 22.0 Å². The molecular formula is C16H15N3O. The highest BCUT2D eigenvalue weighted by Gasteiger charge is 2.14. The quantitative estimate of drug-likeness (QED) is 0.773. The summed E-state index contributed by atoms with van der Waals surface area (Å²) in [5, 5.41) is 9.20. The van der Waals surface area contributed by atoms with Crippen LogP contribution in [0.2, 0.25) is 0 Å². The van der Waals surface area contributed by atoms with E-state index in [-0.39, 0.29) is 5.91 Å². The molecule has 0 saturated carbocycles. The summed E-state index contributed by atoms with van der Waals surface area (Å²) in [7, 11) is 1.77. The molecule has 4 nitrogen and oxygen atoms in total. The molecule has 1 heterocycles. The van der Waals surface area contributed by atoms with Crippen LogP contribution in [0.15, 0.2) is 48.7 Å². The van der Waals surface area contributed by atoms with Crippen LogP contribution < -0.4 is 5.32 Å². The van der Waals surface area contributed by atoms with Gasteiger partial charge in [-0.1, -0.05) is 36.4 Å². The zero-order chi connectivity index (χ0) is 14.1. The van der Waals surface area contributed by atoms with E-state index in [9.17, 15) is 4.79 Å². The number of aromatic nitrogens is 2. The van der Waals surface area contributed by atoms with Gasteiger partial charge in [0.15, 0.2) is 0 Å². The second-order valence-corrected chi connectivity index (χ2v) is 4.78. The number of carbonyl (C=O) groups excluding carboxylic acids is 1. The summed E-state index contributed by atoms with van der Waals surface area (Å²) in [6.07, 6.45) is 1.69. The van der Waals surface area contributed by atoms with E-state index in [2.05, 4.69) is 10.4 Å². The van der Waals surface area contributed by atoms with Gasteiger partial charge >= 0.3 is 0 Å². The van der Waals surface area contributed by atoms with Crippen LogP contribution in [0, 0.1) is 6.92 Å². The minimum Gasteiger partial charge on any atom is -0.320 e. The summed E-state index contributed by atoms with van der Waals surface area (Å²) in [6.45, 7) is 1.88. The van der Waals surface area contributed by atoms with E-state index in [1.807, 2.05) is 49.4 Å². The van der Waals surface area contributed by atoms with Crippen molar-refractivity contribution >= 4 is 22.4 Å². The maximum Gasteiger partial charge on any atom is 0.274 e. The lowest BCUT2D eigenvalue weighted by Gasteiger charge is -2.09. The molecule has 0 saturated heterocycles. The van der Waals surface area contributed by atoms with Crippen molar-refractivity contribution < 1.29 is 4.79 Å². The maximum absolute atomic E-state index is 12.4. The second-order valence-electron chi connectivity index (χ2n) is 4.78. The van der Waals surface area contributed by atoms with Crippen LogP contribution >= 0.6 is 0 Å². The van der Waals surface area contributed by atoms with Gasteiger partial charge in [-0.15, -0.1) is 0 Å². The lowest BCUT2D eigenvalue weighted by molar-refractivity contribution is 0.101. The van der Waals surface area contributed by atoms with E-state index in [1.165, 1.54) is 0 Å². The molecule has 0 spiro atoms. The molecule has 0 aliphatic carbocycles. The largest absolute Gasteiger partial charge is 0.320 e. The summed E-state index contributed by atoms with van der Waals surface area (Å²) < 4.78 is 1.59. The van der Waals surface area contributed by atoms with Gasteiger partial charge < -0.3 is 5.32 Å². The molecule has 1 N–H and O–H groups in total. The van der Waals surface area contributed by atoms with E-state index < -0.39 is 0 Å². The SMILES string of the molecule is Cc1cnn(C)c1C(=O)Nc1cccc2ccccc12. The van der Waals surface area contributed by atoms with E-state index in [4.69, 9.17) is 0 Å². The average molecular weight is 265 g/mol. The smallest absolute Gasteiger partial charge is 0.274 e. The van der Waals surface area contributed by atoms with E-state index in [0.29, 0.717) is 5.69 Å². The van der Waals surface area contributed by atoms with Gasteiger partial charge in [-0.05, 0) is 23.9 Å². The van der Waals surface area contributed by atoms with Crippen LogP contribution in [0.25, 0.3) is 10.8 Å². The molecule has 4 heteroatoms. The van der Waals surface area contributed by atoms with Crippen LogP contribution in [0.1, 0.15) is 16.1 Å². The fraction of sp³-hybridized carbons (Fsp3) is 0.125. The molecule has 20 heavy (non-hydrogen) atoms. The molecule has 0 radical (unpaired) electrons. The normalized spacial score (nSPS) is 10.7. The number of carbonyl (C=O) groups is 1. The number of rotatable bonds is 2. The number of nitrogens with zero attached hydrogens (tertiary/aromatic N) is 2. The Hall–Kier alpha value is -2.62. The third kappa shape index (κ3) is 2.05. The highest BCUT2D eigenvalue weighted by Crippen LogP contribution is 2.23. The number of anilines is 1. The minimum atomic E-state index is -0.140. The van der Waals surface area contributed by atoms with Crippen molar-refractivity contribution in [1.29, 1.82) is 0 Å². The second kappa shape index (κ2) is 4.81. The fourth-order valence-electron chi connectivity index (χ4n) is 2.39. The minimum absolute atomic E-state index is 0.140. The number of hydrogen-bond acceptors (Lipinski definition) is 2. The lowest BCUT2D eigenvalue weighted by atomic mass is 10.1. The molecule has 0 aliphatic rings. The number of aryl methyl sites for hydroxylation is 2. The zero-order valence-electron chi connectivity index (χ0n) is 11.4. The van der Waals surface area contributed by atoms with Crippen LogP contribution in [0.4, 0.5) is 5.69 Å². The third-order valence-corrected chi connectivity index (χ3v) is 3.37. The number of nitrogens with one attached hydrogen (secondary N) is 1. The molecule has 0 bridgehead atoms. The van der Waals surface area contributed by atoms with E-state index in [1.54, 1.807) is 17.9 Å².